The zero-order valence-corrected chi connectivity index (χ0v) is 15.4. The standard InChI is InChI=1S/C16H4Cl4N4O2/c17-9-5-6(10(18)12(20)11(9)19)16(26)8-7(15(5)25)13(23)3(1-21)4(2-22)14(8)24/h23-24H2. The van der Waals surface area contributed by atoms with Crippen LogP contribution in [-0.2, 0) is 0 Å². The van der Waals surface area contributed by atoms with Crippen LogP contribution in [0.4, 0.5) is 11.4 Å². The zero-order chi connectivity index (χ0) is 19.5. The summed E-state index contributed by atoms with van der Waals surface area (Å²) < 4.78 is 0. The lowest BCUT2D eigenvalue weighted by atomic mass is 9.79. The fraction of sp³-hybridized carbons (Fsp3) is 0. The van der Waals surface area contributed by atoms with Gasteiger partial charge in [0.2, 0.25) is 0 Å². The Kier molecular flexibility index (Phi) is 4.26. The van der Waals surface area contributed by atoms with E-state index in [1.807, 2.05) is 0 Å². The van der Waals surface area contributed by atoms with Gasteiger partial charge in [-0.2, -0.15) is 10.5 Å². The van der Waals surface area contributed by atoms with E-state index in [1.165, 1.54) is 0 Å². The summed E-state index contributed by atoms with van der Waals surface area (Å²) in [6.45, 7) is 0. The van der Waals surface area contributed by atoms with Crippen LogP contribution in [0.3, 0.4) is 0 Å². The van der Waals surface area contributed by atoms with Crippen molar-refractivity contribution in [3.8, 4) is 12.1 Å². The summed E-state index contributed by atoms with van der Waals surface area (Å²) in [5, 5.41) is 17.6. The minimum atomic E-state index is -0.801. The average Bonchev–Trinajstić information content (AvgIpc) is 2.61. The molecular formula is C16H4Cl4N4O2. The summed E-state index contributed by atoms with van der Waals surface area (Å²) in [7, 11) is 0. The summed E-state index contributed by atoms with van der Waals surface area (Å²) in [6, 6.07) is 3.43. The molecule has 4 N–H and O–H groups in total. The van der Waals surface area contributed by atoms with E-state index in [1.54, 1.807) is 12.1 Å². The maximum atomic E-state index is 13.0. The van der Waals surface area contributed by atoms with Gasteiger partial charge in [-0.05, 0) is 0 Å². The Morgan fingerprint density at radius 3 is 1.19 bits per heavy atom. The normalized spacial score (nSPS) is 12.2. The first kappa shape index (κ1) is 18.3. The van der Waals surface area contributed by atoms with Crippen LogP contribution in [0, 0.1) is 22.7 Å². The van der Waals surface area contributed by atoms with Crippen LogP contribution in [0.25, 0.3) is 0 Å². The predicted octanol–water partition coefficient (Wildman–Crippen LogP) is 3.98. The molecule has 1 aliphatic rings. The van der Waals surface area contributed by atoms with Crippen LogP contribution >= 0.6 is 46.4 Å². The summed E-state index contributed by atoms with van der Waals surface area (Å²) >= 11 is 24.2. The van der Waals surface area contributed by atoms with Crippen molar-refractivity contribution in [2.24, 2.45) is 0 Å². The predicted molar refractivity (Wildman–Crippen MR) is 98.0 cm³/mol. The van der Waals surface area contributed by atoms with Crippen molar-refractivity contribution in [1.82, 2.24) is 0 Å². The van der Waals surface area contributed by atoms with Gasteiger partial charge < -0.3 is 11.5 Å². The summed E-state index contributed by atoms with van der Waals surface area (Å²) in [6.07, 6.45) is 0. The van der Waals surface area contributed by atoms with Crippen molar-refractivity contribution < 1.29 is 9.59 Å². The number of fused-ring (bicyclic) bond motifs is 2. The Bertz CT molecular complexity index is 1070. The van der Waals surface area contributed by atoms with Crippen molar-refractivity contribution in [3.05, 3.63) is 53.5 Å². The number of anilines is 2. The van der Waals surface area contributed by atoms with E-state index in [4.69, 9.17) is 57.9 Å². The minimum Gasteiger partial charge on any atom is -0.397 e. The van der Waals surface area contributed by atoms with Gasteiger partial charge in [0.05, 0.1) is 64.8 Å². The molecular weight excluding hydrogens is 422 g/mol. The molecule has 0 spiro atoms. The highest BCUT2D eigenvalue weighted by atomic mass is 35.5. The summed E-state index contributed by atoms with van der Waals surface area (Å²) in [5.74, 6) is -1.60. The first-order valence-electron chi connectivity index (χ1n) is 6.69. The Morgan fingerprint density at radius 1 is 0.615 bits per heavy atom. The highest BCUT2D eigenvalue weighted by Crippen LogP contribution is 2.47. The van der Waals surface area contributed by atoms with Crippen LogP contribution in [-0.4, -0.2) is 11.6 Å². The number of hydrogen-bond acceptors (Lipinski definition) is 6. The first-order chi connectivity index (χ1) is 12.2. The molecule has 128 valence electrons. The van der Waals surface area contributed by atoms with Crippen LogP contribution < -0.4 is 11.5 Å². The minimum absolute atomic E-state index is 0.206. The fourth-order valence-corrected chi connectivity index (χ4v) is 3.83. The number of nitrogens with two attached hydrogens (primary N) is 2. The van der Waals surface area contributed by atoms with E-state index in [9.17, 15) is 20.1 Å². The number of ketones is 2. The van der Waals surface area contributed by atoms with E-state index >= 15 is 0 Å². The largest absolute Gasteiger partial charge is 0.397 e. The molecule has 0 fully saturated rings. The first-order valence-corrected chi connectivity index (χ1v) is 8.20. The van der Waals surface area contributed by atoms with Crippen LogP contribution in [0.1, 0.15) is 43.0 Å². The van der Waals surface area contributed by atoms with Gasteiger partial charge in [-0.1, -0.05) is 46.4 Å². The third-order valence-corrected chi connectivity index (χ3v) is 5.78. The molecule has 0 heterocycles. The molecule has 0 saturated heterocycles. The van der Waals surface area contributed by atoms with Crippen molar-refractivity contribution in [1.29, 1.82) is 10.5 Å². The van der Waals surface area contributed by atoms with Gasteiger partial charge in [-0.3, -0.25) is 9.59 Å². The highest BCUT2D eigenvalue weighted by Gasteiger charge is 2.40. The second-order valence-corrected chi connectivity index (χ2v) is 6.73. The van der Waals surface area contributed by atoms with Crippen molar-refractivity contribution in [3.63, 3.8) is 0 Å². The number of rotatable bonds is 0. The number of halogens is 4. The number of nitrogens with zero attached hydrogens (tertiary/aromatic N) is 2. The van der Waals surface area contributed by atoms with Crippen LogP contribution in [0.15, 0.2) is 0 Å². The van der Waals surface area contributed by atoms with Gasteiger partial charge >= 0.3 is 0 Å². The number of carbonyl (C=O) groups excluding carboxylic acids is 2. The van der Waals surface area contributed by atoms with E-state index in [2.05, 4.69) is 0 Å². The Balaban J connectivity index is 2.57. The van der Waals surface area contributed by atoms with E-state index in [-0.39, 0.29) is 64.8 Å². The molecule has 0 radical (unpaired) electrons. The molecule has 6 nitrogen and oxygen atoms in total. The highest BCUT2D eigenvalue weighted by molar-refractivity contribution is 6.55. The third-order valence-electron chi connectivity index (χ3n) is 3.98. The quantitative estimate of drug-likeness (QED) is 0.317. The topological polar surface area (TPSA) is 134 Å². The van der Waals surface area contributed by atoms with Gasteiger partial charge in [0.25, 0.3) is 0 Å². The third kappa shape index (κ3) is 2.11. The Morgan fingerprint density at radius 2 is 0.923 bits per heavy atom. The Labute approximate surface area is 166 Å². The van der Waals surface area contributed by atoms with Crippen LogP contribution in [0.2, 0.25) is 20.1 Å². The number of benzene rings is 2. The fourth-order valence-electron chi connectivity index (χ4n) is 2.80. The lowest BCUT2D eigenvalue weighted by Crippen LogP contribution is -2.26. The molecule has 0 unspecified atom stereocenters. The molecule has 10 heteroatoms. The zero-order valence-electron chi connectivity index (χ0n) is 12.4. The molecule has 3 rings (SSSR count). The maximum Gasteiger partial charge on any atom is 0.198 e. The lowest BCUT2D eigenvalue weighted by molar-refractivity contribution is 0.0980. The van der Waals surface area contributed by atoms with Crippen molar-refractivity contribution in [2.75, 3.05) is 11.5 Å². The monoisotopic (exact) mass is 424 g/mol. The number of nitrogen functional groups attached to an aromatic ring is 2. The number of nitriles is 2. The molecule has 0 saturated carbocycles. The van der Waals surface area contributed by atoms with Gasteiger partial charge in [-0.15, -0.1) is 0 Å². The molecule has 0 amide bonds. The second-order valence-electron chi connectivity index (χ2n) is 5.22. The molecule has 0 bridgehead atoms. The molecule has 0 aromatic heterocycles. The lowest BCUT2D eigenvalue weighted by Gasteiger charge is -2.24. The van der Waals surface area contributed by atoms with Crippen LogP contribution in [0.5, 0.6) is 0 Å². The summed E-state index contributed by atoms with van der Waals surface area (Å²) in [4.78, 5) is 26.0. The smallest absolute Gasteiger partial charge is 0.198 e. The average molecular weight is 426 g/mol. The SMILES string of the molecule is N#Cc1c(N)c2c(c(N)c1C#N)C(=O)c1c(Cl)c(Cl)c(Cl)c(Cl)c1C2=O. The van der Waals surface area contributed by atoms with Gasteiger partial charge in [0.15, 0.2) is 11.6 Å². The van der Waals surface area contributed by atoms with E-state index in [0.29, 0.717) is 0 Å². The molecule has 2 aromatic carbocycles. The maximum absolute atomic E-state index is 13.0. The molecule has 0 aliphatic heterocycles. The molecule has 0 atom stereocenters. The summed E-state index contributed by atoms with van der Waals surface area (Å²) in [5.41, 5.74) is 9.22. The number of hydrogen-bond donors (Lipinski definition) is 2. The van der Waals surface area contributed by atoms with E-state index in [0.717, 1.165) is 0 Å². The van der Waals surface area contributed by atoms with Crippen molar-refractivity contribution in [2.45, 2.75) is 0 Å². The van der Waals surface area contributed by atoms with Gasteiger partial charge in [-0.25, -0.2) is 0 Å². The number of carbonyl (C=O) groups is 2. The Hall–Kier alpha value is -2.48. The van der Waals surface area contributed by atoms with Gasteiger partial charge in [0, 0.05) is 0 Å². The molecule has 2 aromatic rings. The molecule has 1 aliphatic carbocycles. The van der Waals surface area contributed by atoms with Gasteiger partial charge in [0.1, 0.15) is 12.1 Å². The van der Waals surface area contributed by atoms with Crippen molar-refractivity contribution >= 4 is 69.3 Å². The van der Waals surface area contributed by atoms with E-state index < -0.39 is 11.6 Å². The second kappa shape index (κ2) is 6.05. The molecule has 26 heavy (non-hydrogen) atoms.